The molecule has 2 saturated heterocycles. The zero-order chi connectivity index (χ0) is 28.6. The maximum Gasteiger partial charge on any atom is 0.475 e. The van der Waals surface area contributed by atoms with E-state index in [0.29, 0.717) is 32.5 Å². The van der Waals surface area contributed by atoms with Crippen LogP contribution in [0, 0.1) is 16.7 Å². The zero-order valence-corrected chi connectivity index (χ0v) is 23.4. The fourth-order valence-corrected chi connectivity index (χ4v) is 5.59. The van der Waals surface area contributed by atoms with Gasteiger partial charge in [0.15, 0.2) is 0 Å². The molecule has 1 aromatic carbocycles. The minimum absolute atomic E-state index is 0.0413. The van der Waals surface area contributed by atoms with Gasteiger partial charge in [-0.2, -0.15) is 5.26 Å². The van der Waals surface area contributed by atoms with Gasteiger partial charge in [-0.15, -0.1) is 0 Å². The van der Waals surface area contributed by atoms with E-state index in [1.165, 1.54) is 0 Å². The number of benzene rings is 1. The van der Waals surface area contributed by atoms with Crippen molar-refractivity contribution in [2.75, 3.05) is 26.2 Å². The van der Waals surface area contributed by atoms with Crippen molar-refractivity contribution in [3.8, 4) is 6.07 Å². The van der Waals surface area contributed by atoms with Crippen molar-refractivity contribution in [1.82, 2.24) is 15.5 Å². The monoisotopic (exact) mass is 540 g/mol. The number of likely N-dealkylation sites (tertiary alicyclic amines) is 1. The third kappa shape index (κ3) is 8.54. The fourth-order valence-electron chi connectivity index (χ4n) is 5.59. The van der Waals surface area contributed by atoms with Crippen molar-refractivity contribution in [2.24, 2.45) is 5.41 Å². The first-order chi connectivity index (χ1) is 18.4. The van der Waals surface area contributed by atoms with Gasteiger partial charge in [-0.05, 0) is 45.1 Å². The first-order valence-electron chi connectivity index (χ1n) is 13.6. The molecule has 0 aromatic heterocycles. The lowest BCUT2D eigenvalue weighted by Crippen LogP contribution is -2.60. The average Bonchev–Trinajstić information content (AvgIpc) is 3.12. The second kappa shape index (κ2) is 13.4. The summed E-state index contributed by atoms with van der Waals surface area (Å²) in [6.45, 7) is 9.82. The predicted octanol–water partition coefficient (Wildman–Crippen LogP) is 1.96. The van der Waals surface area contributed by atoms with E-state index in [4.69, 9.17) is 9.47 Å². The molecule has 0 aliphatic carbocycles. The van der Waals surface area contributed by atoms with Gasteiger partial charge in [-0.25, -0.2) is 4.79 Å². The Morgan fingerprint density at radius 3 is 2.69 bits per heavy atom. The molecule has 0 saturated carbocycles. The van der Waals surface area contributed by atoms with Gasteiger partial charge in [0.2, 0.25) is 0 Å². The van der Waals surface area contributed by atoms with Crippen LogP contribution in [0.15, 0.2) is 42.0 Å². The molecule has 2 heterocycles. The number of hydrogen-bond donors (Lipinski definition) is 4. The summed E-state index contributed by atoms with van der Waals surface area (Å²) >= 11 is 0. The Balaban J connectivity index is 1.66. The van der Waals surface area contributed by atoms with E-state index in [9.17, 15) is 24.9 Å². The van der Waals surface area contributed by atoms with Gasteiger partial charge in [-0.3, -0.25) is 4.79 Å². The quantitative estimate of drug-likeness (QED) is 0.223. The number of carbonyl (C=O) groups excluding carboxylic acids is 2. The van der Waals surface area contributed by atoms with Gasteiger partial charge in [-0.1, -0.05) is 50.3 Å². The van der Waals surface area contributed by atoms with Crippen LogP contribution >= 0.6 is 0 Å². The zero-order valence-electron chi connectivity index (χ0n) is 23.4. The summed E-state index contributed by atoms with van der Waals surface area (Å²) in [5.74, 6) is -1.36. The van der Waals surface area contributed by atoms with E-state index in [-0.39, 0.29) is 24.6 Å². The van der Waals surface area contributed by atoms with Crippen LogP contribution in [-0.4, -0.2) is 84.0 Å². The normalized spacial score (nSPS) is 22.7. The largest absolute Gasteiger partial charge is 0.475 e. The Morgan fingerprint density at radius 2 is 2.05 bits per heavy atom. The van der Waals surface area contributed by atoms with E-state index in [1.54, 1.807) is 11.0 Å². The van der Waals surface area contributed by atoms with E-state index in [0.717, 1.165) is 12.0 Å². The van der Waals surface area contributed by atoms with Crippen LogP contribution in [0.5, 0.6) is 0 Å². The lowest BCUT2D eigenvalue weighted by atomic mass is 9.74. The lowest BCUT2D eigenvalue weighted by molar-refractivity contribution is -0.128. The number of rotatable bonds is 8. The lowest BCUT2D eigenvalue weighted by Gasteiger charge is -2.46. The molecule has 2 aliphatic heterocycles. The SMILES string of the molecule is CC(C)(C=C(C#N)C(=O)N1CCCC[C@@H](OC(=O)NC(Cc2ccccc2)B(O)O)C1)C1NCCOC1(C)C. The van der Waals surface area contributed by atoms with Gasteiger partial charge in [0.1, 0.15) is 17.7 Å². The molecule has 3 rings (SSSR count). The number of nitrogens with zero attached hydrogens (tertiary/aromatic N) is 2. The topological polar surface area (TPSA) is 144 Å². The van der Waals surface area contributed by atoms with Crippen LogP contribution in [0.3, 0.4) is 0 Å². The van der Waals surface area contributed by atoms with E-state index in [2.05, 4.69) is 16.7 Å². The number of nitrogens with one attached hydrogen (secondary N) is 2. The van der Waals surface area contributed by atoms with Crippen LogP contribution in [0.1, 0.15) is 52.5 Å². The molecule has 2 fully saturated rings. The Labute approximate surface area is 231 Å². The highest BCUT2D eigenvalue weighted by molar-refractivity contribution is 6.43. The van der Waals surface area contributed by atoms with E-state index >= 15 is 0 Å². The fraction of sp³-hybridized carbons (Fsp3) is 0.607. The summed E-state index contributed by atoms with van der Waals surface area (Å²) in [6, 6.07) is 11.2. The summed E-state index contributed by atoms with van der Waals surface area (Å²) in [6.07, 6.45) is 2.56. The molecule has 0 bridgehead atoms. The number of carbonyl (C=O) groups is 2. The average molecular weight is 540 g/mol. The van der Waals surface area contributed by atoms with Crippen molar-refractivity contribution in [1.29, 1.82) is 5.26 Å². The van der Waals surface area contributed by atoms with Crippen molar-refractivity contribution < 1.29 is 29.1 Å². The molecular formula is C28H41BN4O6. The van der Waals surface area contributed by atoms with E-state index in [1.807, 2.05) is 58.0 Å². The smallest absolute Gasteiger partial charge is 0.444 e. The molecule has 2 unspecified atom stereocenters. The second-order valence-corrected chi connectivity index (χ2v) is 11.5. The summed E-state index contributed by atoms with van der Waals surface area (Å²) in [5.41, 5.74) is -0.151. The molecular weight excluding hydrogens is 499 g/mol. The maximum absolute atomic E-state index is 13.5. The Morgan fingerprint density at radius 1 is 1.33 bits per heavy atom. The Hall–Kier alpha value is -2.91. The second-order valence-electron chi connectivity index (χ2n) is 11.5. The highest BCUT2D eigenvalue weighted by Crippen LogP contribution is 2.35. The molecule has 39 heavy (non-hydrogen) atoms. The van der Waals surface area contributed by atoms with Crippen LogP contribution < -0.4 is 10.6 Å². The highest BCUT2D eigenvalue weighted by Gasteiger charge is 2.43. The van der Waals surface area contributed by atoms with Crippen molar-refractivity contribution in [3.05, 3.63) is 47.5 Å². The molecule has 2 aliphatic rings. The van der Waals surface area contributed by atoms with E-state index < -0.39 is 42.2 Å². The van der Waals surface area contributed by atoms with Crippen LogP contribution in [-0.2, 0) is 20.7 Å². The van der Waals surface area contributed by atoms with Gasteiger partial charge < -0.3 is 35.1 Å². The van der Waals surface area contributed by atoms with Gasteiger partial charge in [0, 0.05) is 24.5 Å². The summed E-state index contributed by atoms with van der Waals surface area (Å²) in [5, 5.41) is 35.5. The molecule has 0 spiro atoms. The molecule has 1 aromatic rings. The maximum atomic E-state index is 13.5. The van der Waals surface area contributed by atoms with Gasteiger partial charge in [0.25, 0.3) is 5.91 Å². The number of nitriles is 1. The molecule has 10 nitrogen and oxygen atoms in total. The van der Waals surface area contributed by atoms with Crippen molar-refractivity contribution in [2.45, 2.75) is 77.1 Å². The predicted molar refractivity (Wildman–Crippen MR) is 147 cm³/mol. The Bertz CT molecular complexity index is 1060. The molecule has 4 N–H and O–H groups in total. The van der Waals surface area contributed by atoms with Crippen molar-refractivity contribution >= 4 is 19.1 Å². The van der Waals surface area contributed by atoms with Crippen LogP contribution in [0.25, 0.3) is 0 Å². The third-order valence-corrected chi connectivity index (χ3v) is 7.38. The first kappa shape index (κ1) is 30.6. The third-order valence-electron chi connectivity index (χ3n) is 7.38. The van der Waals surface area contributed by atoms with Gasteiger partial charge in [0.05, 0.1) is 24.7 Å². The molecule has 2 amide bonds. The Kier molecular flexibility index (Phi) is 10.6. The molecule has 0 radical (unpaired) electrons. The van der Waals surface area contributed by atoms with Crippen molar-refractivity contribution in [3.63, 3.8) is 0 Å². The summed E-state index contributed by atoms with van der Waals surface area (Å²) in [4.78, 5) is 27.7. The summed E-state index contributed by atoms with van der Waals surface area (Å²) in [7, 11) is -1.77. The number of hydrogen-bond acceptors (Lipinski definition) is 8. The number of ether oxygens (including phenoxy) is 2. The minimum Gasteiger partial charge on any atom is -0.444 e. The first-order valence-corrected chi connectivity index (χ1v) is 13.6. The number of alkyl carbamates (subject to hydrolysis) is 1. The van der Waals surface area contributed by atoms with Crippen LogP contribution in [0.2, 0.25) is 0 Å². The standard InChI is InChI=1S/C28H41BN4O6/c1-27(2,25-28(3,4)38-15-13-31-25)17-21(18-30)24(34)33-14-9-8-12-22(19-33)39-26(35)32-23(29(36)37)16-20-10-6-5-7-11-20/h5-7,10-11,17,22-23,25,31,36-37H,8-9,12-16,19H2,1-4H3,(H,32,35)/t22-,23?,25?/m1/s1. The summed E-state index contributed by atoms with van der Waals surface area (Å²) < 4.78 is 11.6. The highest BCUT2D eigenvalue weighted by atomic mass is 16.6. The number of amides is 2. The van der Waals surface area contributed by atoms with Gasteiger partial charge >= 0.3 is 13.2 Å². The minimum atomic E-state index is -1.77. The number of morpholine rings is 1. The molecule has 212 valence electrons. The molecule has 11 heteroatoms. The van der Waals surface area contributed by atoms with Crippen LogP contribution in [0.4, 0.5) is 4.79 Å². The molecule has 3 atom stereocenters.